The summed E-state index contributed by atoms with van der Waals surface area (Å²) in [5.74, 6) is -0.617. The summed E-state index contributed by atoms with van der Waals surface area (Å²) in [5, 5.41) is 0.499. The number of benzene rings is 1. The number of rotatable bonds is 1. The van der Waals surface area contributed by atoms with E-state index in [4.69, 9.17) is 28.9 Å². The van der Waals surface area contributed by atoms with Crippen molar-refractivity contribution >= 4 is 34.1 Å². The number of nitrogens with two attached hydrogens (primary N) is 1. The minimum Gasteiger partial charge on any atom is -0.325 e. The van der Waals surface area contributed by atoms with Crippen LogP contribution in [0.3, 0.4) is 0 Å². The lowest BCUT2D eigenvalue weighted by atomic mass is 10.2. The summed E-state index contributed by atoms with van der Waals surface area (Å²) < 4.78 is 13.3. The Balaban J connectivity index is 2.80. The molecule has 1 heterocycles. The molecule has 2 aromatic rings. The predicted octanol–water partition coefficient (Wildman–Crippen LogP) is 3.14. The average molecular weight is 245 g/mol. The number of aromatic nitrogens is 1. The van der Waals surface area contributed by atoms with Crippen molar-refractivity contribution in [2.75, 3.05) is 0 Å². The summed E-state index contributed by atoms with van der Waals surface area (Å²) in [6.45, 7) is 0.322. The van der Waals surface area contributed by atoms with Gasteiger partial charge in [0, 0.05) is 11.9 Å². The van der Waals surface area contributed by atoms with Crippen LogP contribution in [0.4, 0.5) is 4.39 Å². The Morgan fingerprint density at radius 1 is 1.33 bits per heavy atom. The largest absolute Gasteiger partial charge is 0.325 e. The minimum atomic E-state index is -0.617. The van der Waals surface area contributed by atoms with E-state index in [0.29, 0.717) is 23.1 Å². The number of pyridine rings is 1. The van der Waals surface area contributed by atoms with Crippen molar-refractivity contribution in [3.8, 4) is 0 Å². The Bertz CT molecular complexity index is 528. The first-order valence-corrected chi connectivity index (χ1v) is 5.02. The molecule has 0 radical (unpaired) electrons. The van der Waals surface area contributed by atoms with Crippen LogP contribution in [0.2, 0.25) is 10.0 Å². The molecule has 0 atom stereocenters. The lowest BCUT2D eigenvalue weighted by molar-refractivity contribution is 0.630. The van der Waals surface area contributed by atoms with Gasteiger partial charge in [0.15, 0.2) is 5.82 Å². The Labute approximate surface area is 95.8 Å². The monoisotopic (exact) mass is 244 g/mol. The Morgan fingerprint density at radius 3 is 2.73 bits per heavy atom. The second-order valence-corrected chi connectivity index (χ2v) is 3.84. The summed E-state index contributed by atoms with van der Waals surface area (Å²) in [6.07, 6.45) is 0. The molecule has 0 aliphatic rings. The maximum absolute atomic E-state index is 13.3. The molecule has 78 valence electrons. The fourth-order valence-electron chi connectivity index (χ4n) is 1.33. The van der Waals surface area contributed by atoms with Gasteiger partial charge in [0.1, 0.15) is 0 Å². The summed E-state index contributed by atoms with van der Waals surface area (Å²) in [7, 11) is 0. The molecule has 0 bridgehead atoms. The van der Waals surface area contributed by atoms with E-state index < -0.39 is 5.82 Å². The molecular weight excluding hydrogens is 238 g/mol. The fourth-order valence-corrected chi connectivity index (χ4v) is 1.84. The number of nitrogens with zero attached hydrogens (tertiary/aromatic N) is 1. The SMILES string of the molecule is NCc1ccc2c(Cl)c(F)c(Cl)cc2n1. The highest BCUT2D eigenvalue weighted by atomic mass is 35.5. The van der Waals surface area contributed by atoms with Crippen LogP contribution < -0.4 is 5.73 Å². The molecule has 2 nitrogen and oxygen atoms in total. The van der Waals surface area contributed by atoms with Crippen LogP contribution in [0.15, 0.2) is 18.2 Å². The van der Waals surface area contributed by atoms with Gasteiger partial charge in [-0.25, -0.2) is 4.39 Å². The number of hydrogen-bond acceptors (Lipinski definition) is 2. The summed E-state index contributed by atoms with van der Waals surface area (Å²) in [4.78, 5) is 4.20. The zero-order chi connectivity index (χ0) is 11.0. The molecule has 0 saturated heterocycles. The second kappa shape index (κ2) is 3.93. The highest BCUT2D eigenvalue weighted by Crippen LogP contribution is 2.30. The number of fused-ring (bicyclic) bond motifs is 1. The number of halogens is 3. The van der Waals surface area contributed by atoms with Crippen molar-refractivity contribution in [3.63, 3.8) is 0 Å². The van der Waals surface area contributed by atoms with Gasteiger partial charge >= 0.3 is 0 Å². The summed E-state index contributed by atoms with van der Waals surface area (Å²) >= 11 is 11.5. The third-order valence-corrected chi connectivity index (χ3v) is 2.74. The fraction of sp³-hybridized carbons (Fsp3) is 0.100. The zero-order valence-electron chi connectivity index (χ0n) is 7.60. The molecule has 0 fully saturated rings. The quantitative estimate of drug-likeness (QED) is 0.784. The van der Waals surface area contributed by atoms with Gasteiger partial charge in [0.25, 0.3) is 0 Å². The molecule has 0 aliphatic carbocycles. The average Bonchev–Trinajstić information content (AvgIpc) is 2.25. The van der Waals surface area contributed by atoms with E-state index in [-0.39, 0.29) is 10.0 Å². The van der Waals surface area contributed by atoms with Crippen LogP contribution in [0.1, 0.15) is 5.69 Å². The van der Waals surface area contributed by atoms with Crippen molar-refractivity contribution in [2.24, 2.45) is 5.73 Å². The molecule has 5 heteroatoms. The molecular formula is C10H7Cl2FN2. The summed E-state index contributed by atoms with van der Waals surface area (Å²) in [6, 6.07) is 4.84. The predicted molar refractivity (Wildman–Crippen MR) is 59.6 cm³/mol. The zero-order valence-corrected chi connectivity index (χ0v) is 9.11. The van der Waals surface area contributed by atoms with E-state index >= 15 is 0 Å². The first-order chi connectivity index (χ1) is 7.13. The molecule has 0 saturated carbocycles. The van der Waals surface area contributed by atoms with Gasteiger partial charge in [0.05, 0.1) is 21.3 Å². The van der Waals surface area contributed by atoms with Crippen molar-refractivity contribution in [1.29, 1.82) is 0 Å². The molecule has 2 rings (SSSR count). The first kappa shape index (κ1) is 10.6. The third kappa shape index (κ3) is 1.78. The van der Waals surface area contributed by atoms with Crippen LogP contribution in [-0.4, -0.2) is 4.98 Å². The molecule has 1 aromatic carbocycles. The van der Waals surface area contributed by atoms with E-state index in [1.807, 2.05) is 0 Å². The van der Waals surface area contributed by atoms with Gasteiger partial charge in [-0.1, -0.05) is 23.2 Å². The molecule has 0 aliphatic heterocycles. The Morgan fingerprint density at radius 2 is 2.07 bits per heavy atom. The van der Waals surface area contributed by atoms with Crippen LogP contribution in [-0.2, 0) is 6.54 Å². The molecule has 2 N–H and O–H groups in total. The van der Waals surface area contributed by atoms with Crippen LogP contribution in [0, 0.1) is 5.82 Å². The second-order valence-electron chi connectivity index (χ2n) is 3.06. The Hall–Kier alpha value is -0.900. The molecule has 0 spiro atoms. The molecule has 0 amide bonds. The van der Waals surface area contributed by atoms with Crippen LogP contribution in [0.5, 0.6) is 0 Å². The topological polar surface area (TPSA) is 38.9 Å². The van der Waals surface area contributed by atoms with E-state index in [1.54, 1.807) is 12.1 Å². The highest BCUT2D eigenvalue weighted by Gasteiger charge is 2.11. The van der Waals surface area contributed by atoms with Gasteiger partial charge in [-0.05, 0) is 18.2 Å². The van der Waals surface area contributed by atoms with Gasteiger partial charge in [-0.15, -0.1) is 0 Å². The van der Waals surface area contributed by atoms with Gasteiger partial charge < -0.3 is 5.73 Å². The normalized spacial score (nSPS) is 10.9. The molecule has 1 aromatic heterocycles. The van der Waals surface area contributed by atoms with E-state index in [2.05, 4.69) is 4.98 Å². The van der Waals surface area contributed by atoms with E-state index in [1.165, 1.54) is 6.07 Å². The van der Waals surface area contributed by atoms with E-state index in [9.17, 15) is 4.39 Å². The Kier molecular flexibility index (Phi) is 2.78. The standard InChI is InChI=1S/C10H7Cl2FN2/c11-7-3-8-6(9(12)10(7)13)2-1-5(4-14)15-8/h1-3H,4,14H2. The van der Waals surface area contributed by atoms with Gasteiger partial charge in [-0.2, -0.15) is 0 Å². The van der Waals surface area contributed by atoms with Crippen molar-refractivity contribution in [3.05, 3.63) is 39.8 Å². The first-order valence-electron chi connectivity index (χ1n) is 4.26. The highest BCUT2D eigenvalue weighted by molar-refractivity contribution is 6.38. The lowest BCUT2D eigenvalue weighted by Crippen LogP contribution is -1.99. The van der Waals surface area contributed by atoms with Crippen LogP contribution >= 0.6 is 23.2 Å². The third-order valence-electron chi connectivity index (χ3n) is 2.09. The van der Waals surface area contributed by atoms with Crippen molar-refractivity contribution < 1.29 is 4.39 Å². The smallest absolute Gasteiger partial charge is 0.161 e. The van der Waals surface area contributed by atoms with Gasteiger partial charge in [-0.3, -0.25) is 4.98 Å². The van der Waals surface area contributed by atoms with Crippen LogP contribution in [0.25, 0.3) is 10.9 Å². The lowest BCUT2D eigenvalue weighted by Gasteiger charge is -2.04. The number of hydrogen-bond donors (Lipinski definition) is 1. The van der Waals surface area contributed by atoms with E-state index in [0.717, 1.165) is 0 Å². The maximum Gasteiger partial charge on any atom is 0.161 e. The van der Waals surface area contributed by atoms with Gasteiger partial charge in [0.2, 0.25) is 0 Å². The van der Waals surface area contributed by atoms with Crippen molar-refractivity contribution in [1.82, 2.24) is 4.98 Å². The summed E-state index contributed by atoms with van der Waals surface area (Å²) in [5.41, 5.74) is 6.70. The molecule has 15 heavy (non-hydrogen) atoms. The minimum absolute atomic E-state index is 0.00595. The molecule has 0 unspecified atom stereocenters. The maximum atomic E-state index is 13.3. The van der Waals surface area contributed by atoms with Crippen molar-refractivity contribution in [2.45, 2.75) is 6.54 Å².